The number of carbonyl (C=O) groups excluding carboxylic acids is 1. The topological polar surface area (TPSA) is 81.3 Å². The highest BCUT2D eigenvalue weighted by Gasteiger charge is 2.41. The molecule has 2 N–H and O–H groups in total. The Bertz CT molecular complexity index is 506. The van der Waals surface area contributed by atoms with E-state index >= 15 is 0 Å². The van der Waals surface area contributed by atoms with Crippen molar-refractivity contribution < 1.29 is 15.0 Å². The third-order valence-corrected chi connectivity index (χ3v) is 5.21. The van der Waals surface area contributed by atoms with Gasteiger partial charge in [0, 0.05) is 19.4 Å². The van der Waals surface area contributed by atoms with Gasteiger partial charge in [-0.1, -0.05) is 34.6 Å². The van der Waals surface area contributed by atoms with Crippen LogP contribution in [0.4, 0.5) is 0 Å². The van der Waals surface area contributed by atoms with Crippen LogP contribution in [0.15, 0.2) is 0 Å². The Morgan fingerprint density at radius 2 is 1.62 bits per heavy atom. The van der Waals surface area contributed by atoms with Crippen LogP contribution in [-0.2, 0) is 4.79 Å². The molecule has 0 amide bonds. The molecule has 2 aliphatic rings. The largest absolute Gasteiger partial charge is 0.396 e. The van der Waals surface area contributed by atoms with Gasteiger partial charge >= 0.3 is 0 Å². The summed E-state index contributed by atoms with van der Waals surface area (Å²) in [7, 11) is 0. The maximum absolute atomic E-state index is 11.3. The number of aliphatic hydroxyl groups is 2. The van der Waals surface area contributed by atoms with Crippen LogP contribution in [0, 0.1) is 33.0 Å². The fourth-order valence-electron chi connectivity index (χ4n) is 4.99. The standard InChI is InChI=1S/C10H15NO.C10H20O2/c2*1-9(2)4-8(12)5-10(3,6-9)7-11/h4-6H2,1-3H3;8,11-12H,4-7H2,1-3H3. The third kappa shape index (κ3) is 6.18. The minimum absolute atomic E-state index is 0.0137. The summed E-state index contributed by atoms with van der Waals surface area (Å²) in [6.45, 7) is 12.5. The van der Waals surface area contributed by atoms with E-state index in [2.05, 4.69) is 40.7 Å². The van der Waals surface area contributed by atoms with E-state index in [4.69, 9.17) is 5.26 Å². The number of rotatable bonds is 1. The summed E-state index contributed by atoms with van der Waals surface area (Å²) < 4.78 is 0. The van der Waals surface area contributed by atoms with Crippen molar-refractivity contribution in [2.45, 2.75) is 86.2 Å². The van der Waals surface area contributed by atoms with E-state index in [1.165, 1.54) is 0 Å². The van der Waals surface area contributed by atoms with Crippen LogP contribution in [0.1, 0.15) is 80.1 Å². The lowest BCUT2D eigenvalue weighted by Crippen LogP contribution is -2.40. The first-order valence-electron chi connectivity index (χ1n) is 8.96. The van der Waals surface area contributed by atoms with Crippen LogP contribution in [0.25, 0.3) is 0 Å². The SMILES string of the molecule is CC1(C)CC(=O)CC(C)(C#N)C1.CC1(C)CC(O)CC(C)(CO)C1. The number of hydrogen-bond donors (Lipinski definition) is 2. The number of ketones is 1. The van der Waals surface area contributed by atoms with E-state index in [1.807, 2.05) is 6.92 Å². The second-order valence-corrected chi connectivity index (χ2v) is 10.3. The summed E-state index contributed by atoms with van der Waals surface area (Å²) >= 11 is 0. The zero-order valence-corrected chi connectivity index (χ0v) is 16.3. The van der Waals surface area contributed by atoms with Gasteiger partial charge in [0.15, 0.2) is 0 Å². The molecule has 138 valence electrons. The lowest BCUT2D eigenvalue weighted by molar-refractivity contribution is -0.126. The molecule has 0 aromatic heterocycles. The van der Waals surface area contributed by atoms with Gasteiger partial charge in [-0.3, -0.25) is 4.79 Å². The zero-order chi connectivity index (χ0) is 18.8. The van der Waals surface area contributed by atoms with Gasteiger partial charge in [-0.25, -0.2) is 0 Å². The van der Waals surface area contributed by atoms with E-state index in [1.54, 1.807) is 0 Å². The maximum atomic E-state index is 11.3. The van der Waals surface area contributed by atoms with Crippen LogP contribution in [0.3, 0.4) is 0 Å². The van der Waals surface area contributed by atoms with Crippen molar-refractivity contribution >= 4 is 5.78 Å². The molecule has 0 bridgehead atoms. The van der Waals surface area contributed by atoms with Crippen molar-refractivity contribution in [3.8, 4) is 6.07 Å². The molecule has 2 fully saturated rings. The Morgan fingerprint density at radius 3 is 2.04 bits per heavy atom. The molecule has 0 spiro atoms. The summed E-state index contributed by atoms with van der Waals surface area (Å²) in [4.78, 5) is 11.3. The van der Waals surface area contributed by atoms with Gasteiger partial charge in [-0.15, -0.1) is 0 Å². The molecular weight excluding hydrogens is 302 g/mol. The number of hydrogen-bond acceptors (Lipinski definition) is 4. The zero-order valence-electron chi connectivity index (χ0n) is 16.3. The summed E-state index contributed by atoms with van der Waals surface area (Å²) in [5, 5.41) is 27.7. The fourth-order valence-corrected chi connectivity index (χ4v) is 4.99. The van der Waals surface area contributed by atoms with Crippen LogP contribution in [-0.4, -0.2) is 28.7 Å². The highest BCUT2D eigenvalue weighted by molar-refractivity contribution is 5.81. The number of nitriles is 1. The predicted octanol–water partition coefficient (Wildman–Crippen LogP) is 3.85. The van der Waals surface area contributed by atoms with Gasteiger partial charge in [-0.2, -0.15) is 5.26 Å². The minimum atomic E-state index is -0.418. The Morgan fingerprint density at radius 1 is 1.04 bits per heavy atom. The fraction of sp³-hybridized carbons (Fsp3) is 0.900. The summed E-state index contributed by atoms with van der Waals surface area (Å²) in [6.07, 6.45) is 4.29. The van der Waals surface area contributed by atoms with Gasteiger partial charge in [-0.05, 0) is 48.9 Å². The van der Waals surface area contributed by atoms with Crippen LogP contribution >= 0.6 is 0 Å². The number of aliphatic hydroxyl groups excluding tert-OH is 2. The molecule has 2 saturated carbocycles. The number of carbonyl (C=O) groups is 1. The summed E-state index contributed by atoms with van der Waals surface area (Å²) in [6, 6.07) is 2.25. The van der Waals surface area contributed by atoms with Gasteiger partial charge in [0.2, 0.25) is 0 Å². The molecule has 0 saturated heterocycles. The van der Waals surface area contributed by atoms with E-state index in [0.717, 1.165) is 25.7 Å². The second-order valence-electron chi connectivity index (χ2n) is 10.3. The first-order valence-corrected chi connectivity index (χ1v) is 8.96. The number of Topliss-reactive ketones (excluding diaryl/α,β-unsaturated/α-hetero) is 1. The Labute approximate surface area is 147 Å². The summed E-state index contributed by atoms with van der Waals surface area (Å²) in [5.41, 5.74) is -0.297. The minimum Gasteiger partial charge on any atom is -0.396 e. The van der Waals surface area contributed by atoms with Crippen molar-refractivity contribution in [1.82, 2.24) is 0 Å². The normalized spacial score (nSPS) is 37.8. The molecule has 4 nitrogen and oxygen atoms in total. The number of nitrogens with zero attached hydrogens (tertiary/aromatic N) is 1. The van der Waals surface area contributed by atoms with E-state index < -0.39 is 5.41 Å². The van der Waals surface area contributed by atoms with Crippen molar-refractivity contribution in [1.29, 1.82) is 5.26 Å². The molecule has 4 heteroatoms. The Kier molecular flexibility index (Phi) is 6.28. The smallest absolute Gasteiger partial charge is 0.135 e. The van der Waals surface area contributed by atoms with E-state index in [-0.39, 0.29) is 34.7 Å². The third-order valence-electron chi connectivity index (χ3n) is 5.21. The van der Waals surface area contributed by atoms with Crippen LogP contribution in [0.5, 0.6) is 0 Å². The average Bonchev–Trinajstić information content (AvgIpc) is 2.33. The van der Waals surface area contributed by atoms with Crippen LogP contribution < -0.4 is 0 Å². The molecule has 3 unspecified atom stereocenters. The monoisotopic (exact) mass is 337 g/mol. The lowest BCUT2D eigenvalue weighted by atomic mass is 9.64. The quantitative estimate of drug-likeness (QED) is 0.761. The lowest BCUT2D eigenvalue weighted by Gasteiger charge is -2.44. The molecular formula is C20H35NO3. The molecule has 0 aliphatic heterocycles. The van der Waals surface area contributed by atoms with Gasteiger partial charge in [0.05, 0.1) is 17.6 Å². The predicted molar refractivity (Wildman–Crippen MR) is 95.2 cm³/mol. The first-order chi connectivity index (χ1) is 10.7. The van der Waals surface area contributed by atoms with Gasteiger partial charge in [0.1, 0.15) is 5.78 Å². The maximum Gasteiger partial charge on any atom is 0.135 e. The highest BCUT2D eigenvalue weighted by atomic mass is 16.3. The molecule has 24 heavy (non-hydrogen) atoms. The molecule has 2 rings (SSSR count). The Balaban J connectivity index is 0.000000240. The van der Waals surface area contributed by atoms with Crippen molar-refractivity contribution in [2.75, 3.05) is 6.61 Å². The summed E-state index contributed by atoms with van der Waals surface area (Å²) in [5.74, 6) is 0.232. The first kappa shape index (κ1) is 21.1. The van der Waals surface area contributed by atoms with E-state index in [0.29, 0.717) is 12.8 Å². The van der Waals surface area contributed by atoms with Crippen molar-refractivity contribution in [3.05, 3.63) is 0 Å². The second kappa shape index (κ2) is 7.14. The Hall–Kier alpha value is -0.920. The molecule has 0 radical (unpaired) electrons. The molecule has 0 heterocycles. The van der Waals surface area contributed by atoms with Gasteiger partial charge in [0.25, 0.3) is 0 Å². The average molecular weight is 338 g/mol. The van der Waals surface area contributed by atoms with Gasteiger partial charge < -0.3 is 10.2 Å². The molecule has 0 aromatic rings. The molecule has 0 aromatic carbocycles. The molecule has 2 aliphatic carbocycles. The van der Waals surface area contributed by atoms with Crippen LogP contribution in [0.2, 0.25) is 0 Å². The van der Waals surface area contributed by atoms with Crippen molar-refractivity contribution in [2.24, 2.45) is 21.7 Å². The van der Waals surface area contributed by atoms with E-state index in [9.17, 15) is 15.0 Å². The highest BCUT2D eigenvalue weighted by Crippen LogP contribution is 2.45. The molecule has 3 atom stereocenters. The van der Waals surface area contributed by atoms with Crippen molar-refractivity contribution in [3.63, 3.8) is 0 Å².